The quantitative estimate of drug-likeness (QED) is 0.567. The average molecular weight is 346 g/mol. The van der Waals surface area contributed by atoms with Gasteiger partial charge < -0.3 is 4.57 Å². The molecule has 1 atom stereocenters. The summed E-state index contributed by atoms with van der Waals surface area (Å²) in [6, 6.07) is 10.3. The van der Waals surface area contributed by atoms with Crippen molar-refractivity contribution in [2.75, 3.05) is 0 Å². The summed E-state index contributed by atoms with van der Waals surface area (Å²) >= 11 is 0. The van der Waals surface area contributed by atoms with Crippen molar-refractivity contribution in [3.05, 3.63) is 65.8 Å². The summed E-state index contributed by atoms with van der Waals surface area (Å²) in [7, 11) is 2.04. The first-order chi connectivity index (χ1) is 12.5. The van der Waals surface area contributed by atoms with Gasteiger partial charge in [0.2, 0.25) is 0 Å². The number of rotatable bonds is 4. The maximum atomic E-state index is 4.85. The zero-order valence-corrected chi connectivity index (χ0v) is 15.5. The van der Waals surface area contributed by atoms with Gasteiger partial charge in [-0.3, -0.25) is 4.98 Å². The van der Waals surface area contributed by atoms with Crippen LogP contribution in [0.2, 0.25) is 0 Å². The van der Waals surface area contributed by atoms with E-state index in [2.05, 4.69) is 44.9 Å². The van der Waals surface area contributed by atoms with Crippen LogP contribution in [0.4, 0.5) is 0 Å². The van der Waals surface area contributed by atoms with Gasteiger partial charge in [-0.15, -0.1) is 0 Å². The van der Waals surface area contributed by atoms with Gasteiger partial charge in [-0.2, -0.15) is 5.10 Å². The molecule has 0 amide bonds. The van der Waals surface area contributed by atoms with Crippen LogP contribution in [-0.2, 0) is 13.5 Å². The van der Waals surface area contributed by atoms with Crippen LogP contribution >= 0.6 is 0 Å². The molecule has 4 rings (SSSR count). The third kappa shape index (κ3) is 2.87. The first kappa shape index (κ1) is 16.4. The van der Waals surface area contributed by atoms with Gasteiger partial charge >= 0.3 is 0 Å². The number of imidazole rings is 1. The molecule has 132 valence electrons. The largest absolute Gasteiger partial charge is 0.337 e. The highest BCUT2D eigenvalue weighted by molar-refractivity contribution is 5.58. The number of nitrogens with zero attached hydrogens (tertiary/aromatic N) is 6. The first-order valence-corrected chi connectivity index (χ1v) is 8.79. The second-order valence-corrected chi connectivity index (χ2v) is 6.81. The van der Waals surface area contributed by atoms with Crippen molar-refractivity contribution in [2.45, 2.75) is 33.1 Å². The fourth-order valence-electron chi connectivity index (χ4n) is 3.28. The SMILES string of the molecule is Cc1ncc(C)n2nc(C[C@@H](C)c3nc(-c4ccccc4)cn3C)nc12. The van der Waals surface area contributed by atoms with E-state index in [1.807, 2.05) is 49.8 Å². The summed E-state index contributed by atoms with van der Waals surface area (Å²) in [5.74, 6) is 2.07. The maximum absolute atomic E-state index is 4.85. The molecule has 1 aromatic carbocycles. The van der Waals surface area contributed by atoms with Gasteiger partial charge in [0.15, 0.2) is 11.5 Å². The van der Waals surface area contributed by atoms with E-state index in [4.69, 9.17) is 4.98 Å². The van der Waals surface area contributed by atoms with Crippen LogP contribution in [0.3, 0.4) is 0 Å². The lowest BCUT2D eigenvalue weighted by molar-refractivity contribution is 0.636. The molecule has 0 bridgehead atoms. The lowest BCUT2D eigenvalue weighted by Crippen LogP contribution is -2.07. The number of fused-ring (bicyclic) bond motifs is 1. The van der Waals surface area contributed by atoms with E-state index in [1.54, 1.807) is 0 Å². The van der Waals surface area contributed by atoms with Crippen LogP contribution in [0.5, 0.6) is 0 Å². The highest BCUT2D eigenvalue weighted by Gasteiger charge is 2.18. The molecule has 3 heterocycles. The number of hydrogen-bond acceptors (Lipinski definition) is 4. The van der Waals surface area contributed by atoms with Crippen molar-refractivity contribution in [2.24, 2.45) is 7.05 Å². The van der Waals surface area contributed by atoms with Crippen molar-refractivity contribution in [3.63, 3.8) is 0 Å². The Morgan fingerprint density at radius 1 is 1.08 bits per heavy atom. The van der Waals surface area contributed by atoms with E-state index in [-0.39, 0.29) is 5.92 Å². The maximum Gasteiger partial charge on any atom is 0.177 e. The monoisotopic (exact) mass is 346 g/mol. The molecule has 0 radical (unpaired) electrons. The topological polar surface area (TPSA) is 60.9 Å². The molecule has 0 aliphatic heterocycles. The number of aryl methyl sites for hydroxylation is 3. The molecule has 26 heavy (non-hydrogen) atoms. The van der Waals surface area contributed by atoms with Gasteiger partial charge in [0.05, 0.1) is 17.1 Å². The van der Waals surface area contributed by atoms with Crippen LogP contribution in [0.25, 0.3) is 16.9 Å². The van der Waals surface area contributed by atoms with Crippen LogP contribution in [0.1, 0.15) is 35.9 Å². The van der Waals surface area contributed by atoms with Crippen LogP contribution in [0.15, 0.2) is 42.7 Å². The Balaban J connectivity index is 1.63. The van der Waals surface area contributed by atoms with Gasteiger partial charge in [-0.05, 0) is 13.8 Å². The predicted octanol–water partition coefficient (Wildman–Crippen LogP) is 3.49. The second-order valence-electron chi connectivity index (χ2n) is 6.81. The molecule has 0 N–H and O–H groups in total. The fourth-order valence-corrected chi connectivity index (χ4v) is 3.28. The van der Waals surface area contributed by atoms with Gasteiger partial charge in [0, 0.05) is 37.3 Å². The molecule has 0 saturated carbocycles. The molecule has 0 aliphatic rings. The van der Waals surface area contributed by atoms with Crippen molar-refractivity contribution in [1.82, 2.24) is 29.1 Å². The molecule has 0 aliphatic carbocycles. The predicted molar refractivity (Wildman–Crippen MR) is 101 cm³/mol. The standard InChI is InChI=1S/C20H22N6/c1-13(10-18-23-20-15(3)21-11-14(2)26(20)24-18)19-22-17(12-25(19)4)16-8-6-5-7-9-16/h5-9,11-13H,10H2,1-4H3/t13-/m1/s1. The van der Waals surface area contributed by atoms with E-state index in [1.165, 1.54) is 0 Å². The Bertz CT molecular complexity index is 1020. The Hall–Kier alpha value is -3.02. The first-order valence-electron chi connectivity index (χ1n) is 8.79. The van der Waals surface area contributed by atoms with E-state index < -0.39 is 0 Å². The molecular formula is C20H22N6. The van der Waals surface area contributed by atoms with Gasteiger partial charge in [-0.1, -0.05) is 37.3 Å². The van der Waals surface area contributed by atoms with Crippen LogP contribution < -0.4 is 0 Å². The summed E-state index contributed by atoms with van der Waals surface area (Å²) in [6.45, 7) is 6.12. The van der Waals surface area contributed by atoms with Gasteiger partial charge in [0.25, 0.3) is 0 Å². The number of aromatic nitrogens is 6. The minimum absolute atomic E-state index is 0.212. The Kier molecular flexibility index (Phi) is 4.03. The average Bonchev–Trinajstić information content (AvgIpc) is 3.23. The van der Waals surface area contributed by atoms with E-state index in [9.17, 15) is 0 Å². The van der Waals surface area contributed by atoms with E-state index in [0.29, 0.717) is 0 Å². The van der Waals surface area contributed by atoms with Crippen molar-refractivity contribution in [1.29, 1.82) is 0 Å². The lowest BCUT2D eigenvalue weighted by atomic mass is 10.1. The zero-order chi connectivity index (χ0) is 18.3. The molecule has 0 spiro atoms. The molecule has 3 aromatic heterocycles. The summed E-state index contributed by atoms with van der Waals surface area (Å²) in [4.78, 5) is 13.9. The lowest BCUT2D eigenvalue weighted by Gasteiger charge is -2.08. The van der Waals surface area contributed by atoms with Gasteiger partial charge in [-0.25, -0.2) is 14.5 Å². The van der Waals surface area contributed by atoms with Crippen molar-refractivity contribution >= 4 is 5.65 Å². The third-order valence-corrected chi connectivity index (χ3v) is 4.67. The fraction of sp³-hybridized carbons (Fsp3) is 0.300. The summed E-state index contributed by atoms with van der Waals surface area (Å²) < 4.78 is 3.97. The van der Waals surface area contributed by atoms with E-state index in [0.717, 1.165) is 46.4 Å². The Morgan fingerprint density at radius 3 is 2.58 bits per heavy atom. The Morgan fingerprint density at radius 2 is 1.85 bits per heavy atom. The molecule has 0 unspecified atom stereocenters. The van der Waals surface area contributed by atoms with Crippen molar-refractivity contribution in [3.8, 4) is 11.3 Å². The third-order valence-electron chi connectivity index (χ3n) is 4.67. The van der Waals surface area contributed by atoms with Crippen LogP contribution in [0, 0.1) is 13.8 Å². The summed E-state index contributed by atoms with van der Waals surface area (Å²) in [5, 5.41) is 4.66. The highest BCUT2D eigenvalue weighted by Crippen LogP contribution is 2.24. The minimum Gasteiger partial charge on any atom is -0.337 e. The molecule has 0 fully saturated rings. The number of hydrogen-bond donors (Lipinski definition) is 0. The molecule has 4 aromatic rings. The summed E-state index contributed by atoms with van der Waals surface area (Å²) in [5.41, 5.74) is 4.83. The molecule has 6 nitrogen and oxygen atoms in total. The zero-order valence-electron chi connectivity index (χ0n) is 15.5. The molecule has 6 heteroatoms. The molecular weight excluding hydrogens is 324 g/mol. The number of benzene rings is 1. The van der Waals surface area contributed by atoms with Crippen molar-refractivity contribution < 1.29 is 0 Å². The molecule has 0 saturated heterocycles. The Labute approximate surface area is 152 Å². The van der Waals surface area contributed by atoms with E-state index >= 15 is 0 Å². The minimum atomic E-state index is 0.212. The second kappa shape index (κ2) is 6.37. The summed E-state index contributed by atoms with van der Waals surface area (Å²) in [6.07, 6.45) is 4.64. The van der Waals surface area contributed by atoms with Gasteiger partial charge in [0.1, 0.15) is 5.82 Å². The van der Waals surface area contributed by atoms with Crippen LogP contribution in [-0.4, -0.2) is 29.1 Å². The normalized spacial score (nSPS) is 12.6. The smallest absolute Gasteiger partial charge is 0.177 e. The highest BCUT2D eigenvalue weighted by atomic mass is 15.3.